The number of imidazole rings is 1. The largest absolute Gasteiger partial charge is 0.508 e. The molecule has 1 unspecified atom stereocenters. The molecule has 1 aromatic heterocycles. The van der Waals surface area contributed by atoms with Crippen molar-refractivity contribution in [2.75, 3.05) is 13.1 Å². The second-order valence-electron chi connectivity index (χ2n) is 5.30. The number of benzene rings is 1. The number of likely N-dealkylation sites (tertiary alicyclic amines) is 1. The fourth-order valence-corrected chi connectivity index (χ4v) is 2.78. The molecular weight excluding hydrogens is 238 g/mol. The molecule has 0 amide bonds. The van der Waals surface area contributed by atoms with E-state index in [-0.39, 0.29) is 0 Å². The minimum absolute atomic E-state index is 0.342. The molecule has 0 radical (unpaired) electrons. The van der Waals surface area contributed by atoms with E-state index in [1.54, 1.807) is 18.3 Å². The number of rotatable bonds is 4. The summed E-state index contributed by atoms with van der Waals surface area (Å²) in [6.45, 7) is 3.18. The molecule has 3 rings (SSSR count). The first kappa shape index (κ1) is 12.2. The van der Waals surface area contributed by atoms with Crippen molar-refractivity contribution < 1.29 is 5.11 Å². The molecule has 2 heterocycles. The first-order valence-electron chi connectivity index (χ1n) is 6.78. The van der Waals surface area contributed by atoms with Gasteiger partial charge >= 0.3 is 0 Å². The number of hydrogen-bond acceptors (Lipinski definition) is 3. The number of H-pyrrole nitrogens is 1. The zero-order chi connectivity index (χ0) is 13.1. The molecule has 4 heteroatoms. The maximum atomic E-state index is 9.28. The van der Waals surface area contributed by atoms with E-state index in [4.69, 9.17) is 0 Å². The van der Waals surface area contributed by atoms with Gasteiger partial charge in [-0.15, -0.1) is 0 Å². The Morgan fingerprint density at radius 1 is 1.32 bits per heavy atom. The molecule has 0 aliphatic carbocycles. The molecule has 1 aliphatic heterocycles. The molecule has 1 aliphatic rings. The van der Waals surface area contributed by atoms with Crippen molar-refractivity contribution in [2.24, 2.45) is 5.92 Å². The lowest BCUT2D eigenvalue weighted by atomic mass is 9.99. The normalized spacial score (nSPS) is 19.9. The Balaban J connectivity index is 1.53. The SMILES string of the molecule is Oc1ccc(CC2CCN(Cc3ncc[nH]3)C2)cc1. The Bertz CT molecular complexity index is 507. The van der Waals surface area contributed by atoms with E-state index in [0.29, 0.717) is 11.7 Å². The summed E-state index contributed by atoms with van der Waals surface area (Å²) >= 11 is 0. The van der Waals surface area contributed by atoms with Crippen LogP contribution in [0.15, 0.2) is 36.7 Å². The number of nitrogens with zero attached hydrogens (tertiary/aromatic N) is 2. The first-order valence-corrected chi connectivity index (χ1v) is 6.78. The van der Waals surface area contributed by atoms with Crippen LogP contribution in [0.4, 0.5) is 0 Å². The molecule has 100 valence electrons. The molecule has 1 atom stereocenters. The van der Waals surface area contributed by atoms with Gasteiger partial charge in [0.25, 0.3) is 0 Å². The van der Waals surface area contributed by atoms with Gasteiger partial charge in [-0.05, 0) is 43.0 Å². The number of phenolic OH excluding ortho intramolecular Hbond substituents is 1. The maximum absolute atomic E-state index is 9.28. The highest BCUT2D eigenvalue weighted by molar-refractivity contribution is 5.26. The lowest BCUT2D eigenvalue weighted by molar-refractivity contribution is 0.309. The van der Waals surface area contributed by atoms with Crippen LogP contribution in [-0.2, 0) is 13.0 Å². The number of aromatic nitrogens is 2. The predicted molar refractivity (Wildman–Crippen MR) is 73.8 cm³/mol. The van der Waals surface area contributed by atoms with Crippen LogP contribution in [0.3, 0.4) is 0 Å². The van der Waals surface area contributed by atoms with Crippen LogP contribution >= 0.6 is 0 Å². The minimum Gasteiger partial charge on any atom is -0.508 e. The number of hydrogen-bond donors (Lipinski definition) is 2. The number of phenols is 1. The van der Waals surface area contributed by atoms with E-state index in [1.165, 1.54) is 12.0 Å². The zero-order valence-corrected chi connectivity index (χ0v) is 10.9. The molecule has 0 spiro atoms. The molecule has 1 fully saturated rings. The summed E-state index contributed by atoms with van der Waals surface area (Å²) in [5.41, 5.74) is 1.31. The minimum atomic E-state index is 0.342. The quantitative estimate of drug-likeness (QED) is 0.882. The summed E-state index contributed by atoms with van der Waals surface area (Å²) in [5, 5.41) is 9.28. The van der Waals surface area contributed by atoms with Gasteiger partial charge < -0.3 is 10.1 Å². The highest BCUT2D eigenvalue weighted by Gasteiger charge is 2.23. The number of nitrogens with one attached hydrogen (secondary N) is 1. The van der Waals surface area contributed by atoms with E-state index in [0.717, 1.165) is 31.9 Å². The van der Waals surface area contributed by atoms with Crippen molar-refractivity contribution in [3.05, 3.63) is 48.0 Å². The zero-order valence-electron chi connectivity index (χ0n) is 10.9. The highest BCUT2D eigenvalue weighted by atomic mass is 16.3. The van der Waals surface area contributed by atoms with Crippen LogP contribution in [0.1, 0.15) is 17.8 Å². The van der Waals surface area contributed by atoms with Crippen molar-refractivity contribution in [2.45, 2.75) is 19.4 Å². The molecule has 4 nitrogen and oxygen atoms in total. The van der Waals surface area contributed by atoms with Gasteiger partial charge in [-0.2, -0.15) is 0 Å². The van der Waals surface area contributed by atoms with E-state index < -0.39 is 0 Å². The molecule has 2 N–H and O–H groups in total. The van der Waals surface area contributed by atoms with Crippen LogP contribution in [0, 0.1) is 5.92 Å². The lowest BCUT2D eigenvalue weighted by Crippen LogP contribution is -2.21. The van der Waals surface area contributed by atoms with Crippen molar-refractivity contribution >= 4 is 0 Å². The molecular formula is C15H19N3O. The molecule has 0 saturated carbocycles. The lowest BCUT2D eigenvalue weighted by Gasteiger charge is -2.14. The van der Waals surface area contributed by atoms with Gasteiger partial charge in [-0.3, -0.25) is 4.90 Å². The van der Waals surface area contributed by atoms with Gasteiger partial charge in [-0.25, -0.2) is 4.98 Å². The molecule has 19 heavy (non-hydrogen) atoms. The Morgan fingerprint density at radius 3 is 2.89 bits per heavy atom. The third kappa shape index (κ3) is 3.15. The van der Waals surface area contributed by atoms with E-state index in [1.807, 2.05) is 18.3 Å². The highest BCUT2D eigenvalue weighted by Crippen LogP contribution is 2.22. The summed E-state index contributed by atoms with van der Waals surface area (Å²) in [7, 11) is 0. The summed E-state index contributed by atoms with van der Waals surface area (Å²) in [4.78, 5) is 9.88. The van der Waals surface area contributed by atoms with E-state index in [9.17, 15) is 5.11 Å². The Kier molecular flexibility index (Phi) is 3.51. The van der Waals surface area contributed by atoms with Crippen molar-refractivity contribution in [1.82, 2.24) is 14.9 Å². The standard InChI is InChI=1S/C15H19N3O/c19-14-3-1-12(2-4-14)9-13-5-8-18(10-13)11-15-16-6-7-17-15/h1-4,6-7,13,19H,5,8-11H2,(H,16,17). The smallest absolute Gasteiger partial charge is 0.120 e. The van der Waals surface area contributed by atoms with Crippen LogP contribution in [-0.4, -0.2) is 33.1 Å². The average Bonchev–Trinajstić information content (AvgIpc) is 3.05. The Hall–Kier alpha value is -1.81. The third-order valence-corrected chi connectivity index (χ3v) is 3.76. The second-order valence-corrected chi connectivity index (χ2v) is 5.30. The summed E-state index contributed by atoms with van der Waals surface area (Å²) in [5.74, 6) is 2.10. The van der Waals surface area contributed by atoms with Crippen molar-refractivity contribution in [3.8, 4) is 5.75 Å². The number of aromatic hydroxyl groups is 1. The van der Waals surface area contributed by atoms with Gasteiger partial charge in [0, 0.05) is 18.9 Å². The Morgan fingerprint density at radius 2 is 2.16 bits per heavy atom. The molecule has 0 bridgehead atoms. The second kappa shape index (κ2) is 5.45. The van der Waals surface area contributed by atoms with Gasteiger partial charge in [0.1, 0.15) is 11.6 Å². The molecule has 1 saturated heterocycles. The summed E-state index contributed by atoms with van der Waals surface area (Å²) < 4.78 is 0. The summed E-state index contributed by atoms with van der Waals surface area (Å²) in [6.07, 6.45) is 6.01. The molecule has 2 aromatic rings. The third-order valence-electron chi connectivity index (χ3n) is 3.76. The van der Waals surface area contributed by atoms with Gasteiger partial charge in [0.15, 0.2) is 0 Å². The monoisotopic (exact) mass is 257 g/mol. The summed E-state index contributed by atoms with van der Waals surface area (Å²) in [6, 6.07) is 7.57. The van der Waals surface area contributed by atoms with Crippen molar-refractivity contribution in [3.63, 3.8) is 0 Å². The topological polar surface area (TPSA) is 52.1 Å². The van der Waals surface area contributed by atoms with Crippen LogP contribution in [0.2, 0.25) is 0 Å². The van der Waals surface area contributed by atoms with Crippen LogP contribution < -0.4 is 0 Å². The maximum Gasteiger partial charge on any atom is 0.120 e. The van der Waals surface area contributed by atoms with Gasteiger partial charge in [-0.1, -0.05) is 12.1 Å². The fourth-order valence-electron chi connectivity index (χ4n) is 2.78. The average molecular weight is 257 g/mol. The van der Waals surface area contributed by atoms with E-state index in [2.05, 4.69) is 14.9 Å². The van der Waals surface area contributed by atoms with Crippen molar-refractivity contribution in [1.29, 1.82) is 0 Å². The van der Waals surface area contributed by atoms with E-state index >= 15 is 0 Å². The van der Waals surface area contributed by atoms with Crippen LogP contribution in [0.5, 0.6) is 5.75 Å². The van der Waals surface area contributed by atoms with Gasteiger partial charge in [0.05, 0.1) is 6.54 Å². The predicted octanol–water partition coefficient (Wildman–Crippen LogP) is 2.18. The first-order chi connectivity index (χ1) is 9.29. The number of aromatic amines is 1. The van der Waals surface area contributed by atoms with Crippen LogP contribution in [0.25, 0.3) is 0 Å². The van der Waals surface area contributed by atoms with Gasteiger partial charge in [0.2, 0.25) is 0 Å². The Labute approximate surface area is 113 Å². The molecule has 1 aromatic carbocycles. The fraction of sp³-hybridized carbons (Fsp3) is 0.400.